The van der Waals surface area contributed by atoms with Crippen molar-refractivity contribution in [2.24, 2.45) is 0 Å². The number of rotatable bonds is 4. The van der Waals surface area contributed by atoms with Gasteiger partial charge in [0.1, 0.15) is 0 Å². The molecule has 2 amide bonds. The SMILES string of the molecule is COc1cc(/C=C2\SC(=O)N(Cc3ccc(C)cc3)C2=O)c(Br)cc1O. The molecule has 0 unspecified atom stereocenters. The number of aromatic hydroxyl groups is 1. The summed E-state index contributed by atoms with van der Waals surface area (Å²) < 4.78 is 5.69. The van der Waals surface area contributed by atoms with Crippen LogP contribution in [0.5, 0.6) is 11.5 Å². The number of aryl methyl sites for hydroxylation is 1. The summed E-state index contributed by atoms with van der Waals surface area (Å²) in [6.07, 6.45) is 1.62. The molecule has 2 aromatic carbocycles. The Hall–Kier alpha value is -2.25. The first-order valence-electron chi connectivity index (χ1n) is 7.76. The molecule has 1 N–H and O–H groups in total. The van der Waals surface area contributed by atoms with Crippen LogP contribution in [0.2, 0.25) is 0 Å². The van der Waals surface area contributed by atoms with Crippen LogP contribution >= 0.6 is 27.7 Å². The topological polar surface area (TPSA) is 66.8 Å². The lowest BCUT2D eigenvalue weighted by atomic mass is 10.1. The molecule has 0 aliphatic carbocycles. The zero-order valence-electron chi connectivity index (χ0n) is 14.2. The second kappa shape index (κ2) is 7.55. The van der Waals surface area contributed by atoms with E-state index >= 15 is 0 Å². The van der Waals surface area contributed by atoms with Gasteiger partial charge in [-0.2, -0.15) is 0 Å². The number of hydrogen-bond donors (Lipinski definition) is 1. The van der Waals surface area contributed by atoms with Crippen LogP contribution in [0.15, 0.2) is 45.8 Å². The molecule has 26 heavy (non-hydrogen) atoms. The molecular weight excluding hydrogens is 418 g/mol. The maximum Gasteiger partial charge on any atom is 0.293 e. The normalized spacial score (nSPS) is 15.8. The van der Waals surface area contributed by atoms with Crippen LogP contribution < -0.4 is 4.74 Å². The monoisotopic (exact) mass is 433 g/mol. The number of carbonyl (C=O) groups is 2. The number of ether oxygens (including phenoxy) is 1. The lowest BCUT2D eigenvalue weighted by Gasteiger charge is -2.12. The van der Waals surface area contributed by atoms with E-state index in [1.165, 1.54) is 18.1 Å². The van der Waals surface area contributed by atoms with Crippen LogP contribution in [-0.2, 0) is 11.3 Å². The Morgan fingerprint density at radius 3 is 2.58 bits per heavy atom. The molecule has 1 aliphatic rings. The van der Waals surface area contributed by atoms with E-state index in [2.05, 4.69) is 15.9 Å². The third-order valence-corrected chi connectivity index (χ3v) is 5.51. The first kappa shape index (κ1) is 18.5. The van der Waals surface area contributed by atoms with Crippen molar-refractivity contribution in [1.82, 2.24) is 4.90 Å². The Kier molecular flexibility index (Phi) is 5.38. The van der Waals surface area contributed by atoms with Gasteiger partial charge in [-0.1, -0.05) is 45.8 Å². The highest BCUT2D eigenvalue weighted by atomic mass is 79.9. The zero-order valence-corrected chi connectivity index (χ0v) is 16.6. The van der Waals surface area contributed by atoms with Crippen molar-refractivity contribution in [3.63, 3.8) is 0 Å². The van der Waals surface area contributed by atoms with Gasteiger partial charge in [-0.25, -0.2) is 0 Å². The van der Waals surface area contributed by atoms with Crippen molar-refractivity contribution < 1.29 is 19.4 Å². The molecular formula is C19H16BrNO4S. The number of halogens is 1. The number of nitrogens with zero attached hydrogens (tertiary/aromatic N) is 1. The Morgan fingerprint density at radius 1 is 1.23 bits per heavy atom. The smallest absolute Gasteiger partial charge is 0.293 e. The fraction of sp³-hybridized carbons (Fsp3) is 0.158. The molecule has 1 heterocycles. The quantitative estimate of drug-likeness (QED) is 0.707. The van der Waals surface area contributed by atoms with Gasteiger partial charge < -0.3 is 9.84 Å². The molecule has 7 heteroatoms. The van der Waals surface area contributed by atoms with E-state index in [0.717, 1.165) is 22.9 Å². The van der Waals surface area contributed by atoms with Crippen LogP contribution in [0.1, 0.15) is 16.7 Å². The predicted octanol–water partition coefficient (Wildman–Crippen LogP) is 4.71. The maximum atomic E-state index is 12.6. The largest absolute Gasteiger partial charge is 0.504 e. The predicted molar refractivity (Wildman–Crippen MR) is 105 cm³/mol. The van der Waals surface area contributed by atoms with Crippen molar-refractivity contribution in [2.75, 3.05) is 7.11 Å². The van der Waals surface area contributed by atoms with Gasteiger partial charge in [0.25, 0.3) is 11.1 Å². The van der Waals surface area contributed by atoms with Crippen LogP contribution in [-0.4, -0.2) is 28.3 Å². The van der Waals surface area contributed by atoms with Crippen LogP contribution in [0.4, 0.5) is 4.79 Å². The second-order valence-electron chi connectivity index (χ2n) is 5.80. The molecule has 5 nitrogen and oxygen atoms in total. The molecule has 1 fully saturated rings. The summed E-state index contributed by atoms with van der Waals surface area (Å²) in [6.45, 7) is 2.22. The molecule has 1 saturated heterocycles. The molecule has 2 aromatic rings. The number of methoxy groups -OCH3 is 1. The lowest BCUT2D eigenvalue weighted by Crippen LogP contribution is -2.27. The van der Waals surface area contributed by atoms with Crippen LogP contribution in [0.3, 0.4) is 0 Å². The van der Waals surface area contributed by atoms with Crippen molar-refractivity contribution in [1.29, 1.82) is 0 Å². The minimum absolute atomic E-state index is 0.0102. The number of benzene rings is 2. The zero-order chi connectivity index (χ0) is 18.8. The van der Waals surface area contributed by atoms with Crippen LogP contribution in [0.25, 0.3) is 6.08 Å². The molecule has 0 spiro atoms. The Balaban J connectivity index is 1.86. The number of amides is 2. The number of carbonyl (C=O) groups excluding carboxylic acids is 2. The average Bonchev–Trinajstić information content (AvgIpc) is 2.86. The summed E-state index contributed by atoms with van der Waals surface area (Å²) in [5.41, 5.74) is 2.65. The van der Waals surface area contributed by atoms with Gasteiger partial charge in [-0.05, 0) is 48.0 Å². The molecule has 3 rings (SSSR count). The standard InChI is InChI=1S/C19H16BrNO4S/c1-11-3-5-12(6-4-11)10-21-18(23)17(26-19(21)24)8-13-7-16(25-2)15(22)9-14(13)20/h3-9,22H,10H2,1-2H3/b17-8-. The van der Waals surface area contributed by atoms with E-state index in [0.29, 0.717) is 20.7 Å². The summed E-state index contributed by atoms with van der Waals surface area (Å²) in [4.78, 5) is 26.5. The summed E-state index contributed by atoms with van der Waals surface area (Å²) >= 11 is 4.25. The van der Waals surface area contributed by atoms with E-state index in [9.17, 15) is 14.7 Å². The molecule has 0 aromatic heterocycles. The third kappa shape index (κ3) is 3.78. The third-order valence-electron chi connectivity index (χ3n) is 3.92. The Labute approximate surface area is 163 Å². The van der Waals surface area contributed by atoms with Crippen molar-refractivity contribution in [3.05, 3.63) is 62.5 Å². The lowest BCUT2D eigenvalue weighted by molar-refractivity contribution is -0.123. The molecule has 1 aliphatic heterocycles. The number of hydrogen-bond acceptors (Lipinski definition) is 5. The van der Waals surface area contributed by atoms with Crippen molar-refractivity contribution in [2.45, 2.75) is 13.5 Å². The molecule has 0 bridgehead atoms. The van der Waals surface area contributed by atoms with Crippen molar-refractivity contribution >= 4 is 44.9 Å². The van der Waals surface area contributed by atoms with Crippen molar-refractivity contribution in [3.8, 4) is 11.5 Å². The average molecular weight is 434 g/mol. The molecule has 0 radical (unpaired) electrons. The fourth-order valence-electron chi connectivity index (χ4n) is 2.49. The molecule has 0 saturated carbocycles. The summed E-state index contributed by atoms with van der Waals surface area (Å²) in [7, 11) is 1.45. The first-order valence-corrected chi connectivity index (χ1v) is 9.37. The Bertz CT molecular complexity index is 909. The fourth-order valence-corrected chi connectivity index (χ4v) is 3.76. The highest BCUT2D eigenvalue weighted by Gasteiger charge is 2.35. The van der Waals surface area contributed by atoms with E-state index in [-0.39, 0.29) is 23.4 Å². The highest BCUT2D eigenvalue weighted by Crippen LogP contribution is 2.37. The highest BCUT2D eigenvalue weighted by molar-refractivity contribution is 9.10. The summed E-state index contributed by atoms with van der Waals surface area (Å²) in [6, 6.07) is 10.8. The molecule has 134 valence electrons. The minimum atomic E-state index is -0.334. The van der Waals surface area contributed by atoms with E-state index < -0.39 is 0 Å². The van der Waals surface area contributed by atoms with Gasteiger partial charge in [0.2, 0.25) is 0 Å². The van der Waals surface area contributed by atoms with Crippen LogP contribution in [0, 0.1) is 6.92 Å². The van der Waals surface area contributed by atoms with Gasteiger partial charge >= 0.3 is 0 Å². The Morgan fingerprint density at radius 2 is 1.92 bits per heavy atom. The second-order valence-corrected chi connectivity index (χ2v) is 7.65. The number of thioether (sulfide) groups is 1. The van der Waals surface area contributed by atoms with E-state index in [1.807, 2.05) is 31.2 Å². The van der Waals surface area contributed by atoms with Gasteiger partial charge in [0, 0.05) is 4.47 Å². The first-order chi connectivity index (χ1) is 12.4. The van der Waals surface area contributed by atoms with E-state index in [1.54, 1.807) is 12.1 Å². The van der Waals surface area contributed by atoms with Gasteiger partial charge in [-0.15, -0.1) is 0 Å². The van der Waals surface area contributed by atoms with Gasteiger partial charge in [0.15, 0.2) is 11.5 Å². The maximum absolute atomic E-state index is 12.6. The summed E-state index contributed by atoms with van der Waals surface area (Å²) in [5.74, 6) is -0.0538. The van der Waals surface area contributed by atoms with E-state index in [4.69, 9.17) is 4.74 Å². The van der Waals surface area contributed by atoms with Gasteiger partial charge in [-0.3, -0.25) is 14.5 Å². The minimum Gasteiger partial charge on any atom is -0.504 e. The summed E-state index contributed by atoms with van der Waals surface area (Å²) in [5, 5.41) is 9.48. The number of phenols is 1. The molecule has 0 atom stereocenters. The number of phenolic OH excluding ortho intramolecular Hbond substituents is 1. The van der Waals surface area contributed by atoms with Gasteiger partial charge in [0.05, 0.1) is 18.6 Å². The number of imide groups is 1.